The maximum atomic E-state index is 11.8. The summed E-state index contributed by atoms with van der Waals surface area (Å²) in [4.78, 5) is 4.17. The molecule has 1 heterocycles. The highest BCUT2D eigenvalue weighted by Crippen LogP contribution is 2.30. The van der Waals surface area contributed by atoms with Crippen molar-refractivity contribution in [2.75, 3.05) is 24.1 Å². The maximum absolute atomic E-state index is 11.8. The molecule has 0 aliphatic carbocycles. The molecule has 130 valence electrons. The number of pyridine rings is 1. The fraction of sp³-hybridized carbons (Fsp3) is 0.353. The van der Waals surface area contributed by atoms with Crippen LogP contribution in [-0.4, -0.2) is 31.8 Å². The van der Waals surface area contributed by atoms with Gasteiger partial charge in [0.2, 0.25) is 0 Å². The highest BCUT2D eigenvalue weighted by molar-refractivity contribution is 7.90. The van der Waals surface area contributed by atoms with E-state index >= 15 is 0 Å². The number of aromatic nitrogens is 1. The lowest BCUT2D eigenvalue weighted by molar-refractivity contribution is 0.526. The molecule has 0 aliphatic heterocycles. The zero-order chi connectivity index (χ0) is 17.9. The summed E-state index contributed by atoms with van der Waals surface area (Å²) in [5.74, 6) is 0.676. The molecule has 0 aliphatic rings. The standard InChI is InChI=1S/C17H24N4O2S/c1-12(2)15-8-6-7-13(3)17(15)19-14-9-10-16(18-11-14)20-24(22,23)21(4)5/h6-12,19H,1-5H3,(H,18,20). The van der Waals surface area contributed by atoms with Crippen molar-refractivity contribution in [2.45, 2.75) is 26.7 Å². The zero-order valence-electron chi connectivity index (χ0n) is 14.7. The summed E-state index contributed by atoms with van der Waals surface area (Å²) in [5.41, 5.74) is 4.25. The minimum atomic E-state index is -3.55. The van der Waals surface area contributed by atoms with Crippen molar-refractivity contribution in [2.24, 2.45) is 0 Å². The number of benzene rings is 1. The first-order valence-electron chi connectivity index (χ1n) is 7.73. The number of hydrogen-bond donors (Lipinski definition) is 2. The molecule has 0 amide bonds. The number of para-hydroxylation sites is 1. The van der Waals surface area contributed by atoms with Crippen LogP contribution in [0.25, 0.3) is 0 Å². The van der Waals surface area contributed by atoms with E-state index in [2.05, 4.69) is 47.9 Å². The molecule has 6 nitrogen and oxygen atoms in total. The van der Waals surface area contributed by atoms with Gasteiger partial charge in [0, 0.05) is 19.8 Å². The number of nitrogens with one attached hydrogen (secondary N) is 2. The third kappa shape index (κ3) is 4.24. The van der Waals surface area contributed by atoms with E-state index in [9.17, 15) is 8.42 Å². The molecule has 0 unspecified atom stereocenters. The van der Waals surface area contributed by atoms with Gasteiger partial charge in [-0.15, -0.1) is 0 Å². The first-order chi connectivity index (χ1) is 11.2. The van der Waals surface area contributed by atoms with Gasteiger partial charge in [-0.05, 0) is 36.1 Å². The van der Waals surface area contributed by atoms with Gasteiger partial charge < -0.3 is 5.32 Å². The van der Waals surface area contributed by atoms with E-state index in [1.54, 1.807) is 18.3 Å². The average Bonchev–Trinajstić information content (AvgIpc) is 2.50. The third-order valence-corrected chi connectivity index (χ3v) is 5.10. The predicted molar refractivity (Wildman–Crippen MR) is 99.0 cm³/mol. The van der Waals surface area contributed by atoms with Crippen LogP contribution in [-0.2, 0) is 10.2 Å². The average molecular weight is 348 g/mol. The number of rotatable bonds is 6. The van der Waals surface area contributed by atoms with Crippen molar-refractivity contribution >= 4 is 27.4 Å². The molecule has 0 saturated heterocycles. The summed E-state index contributed by atoms with van der Waals surface area (Å²) in [6.07, 6.45) is 1.62. The summed E-state index contributed by atoms with van der Waals surface area (Å²) < 4.78 is 27.1. The Morgan fingerprint density at radius 1 is 1.12 bits per heavy atom. The number of hydrogen-bond acceptors (Lipinski definition) is 4. The monoisotopic (exact) mass is 348 g/mol. The zero-order valence-corrected chi connectivity index (χ0v) is 15.5. The molecule has 2 aromatic rings. The Morgan fingerprint density at radius 2 is 1.83 bits per heavy atom. The van der Waals surface area contributed by atoms with Gasteiger partial charge in [-0.3, -0.25) is 4.72 Å². The highest BCUT2D eigenvalue weighted by atomic mass is 32.2. The van der Waals surface area contributed by atoms with Gasteiger partial charge in [-0.2, -0.15) is 12.7 Å². The van der Waals surface area contributed by atoms with Crippen molar-refractivity contribution in [3.8, 4) is 0 Å². The van der Waals surface area contributed by atoms with Crippen molar-refractivity contribution in [3.05, 3.63) is 47.7 Å². The molecule has 7 heteroatoms. The molecule has 0 fully saturated rings. The van der Waals surface area contributed by atoms with Crippen molar-refractivity contribution in [3.63, 3.8) is 0 Å². The SMILES string of the molecule is Cc1cccc(C(C)C)c1Nc1ccc(NS(=O)(=O)N(C)C)nc1. The number of anilines is 3. The van der Waals surface area contributed by atoms with Crippen molar-refractivity contribution < 1.29 is 8.42 Å². The maximum Gasteiger partial charge on any atom is 0.302 e. The van der Waals surface area contributed by atoms with Crippen LogP contribution in [0, 0.1) is 6.92 Å². The van der Waals surface area contributed by atoms with Gasteiger partial charge >= 0.3 is 10.2 Å². The highest BCUT2D eigenvalue weighted by Gasteiger charge is 2.14. The predicted octanol–water partition coefficient (Wildman–Crippen LogP) is 3.48. The van der Waals surface area contributed by atoms with E-state index in [0.717, 1.165) is 21.2 Å². The van der Waals surface area contributed by atoms with E-state index in [-0.39, 0.29) is 5.82 Å². The molecule has 0 bridgehead atoms. The lowest BCUT2D eigenvalue weighted by atomic mass is 9.98. The van der Waals surface area contributed by atoms with Crippen LogP contribution in [0.3, 0.4) is 0 Å². The number of nitrogens with zero attached hydrogens (tertiary/aromatic N) is 2. The van der Waals surface area contributed by atoms with E-state index in [1.807, 2.05) is 6.07 Å². The molecule has 2 N–H and O–H groups in total. The lowest BCUT2D eigenvalue weighted by Gasteiger charge is -2.17. The molecule has 0 saturated carbocycles. The summed E-state index contributed by atoms with van der Waals surface area (Å²) >= 11 is 0. The normalized spacial score (nSPS) is 11.8. The van der Waals surface area contributed by atoms with E-state index < -0.39 is 10.2 Å². The number of aryl methyl sites for hydroxylation is 1. The molecule has 0 spiro atoms. The quantitative estimate of drug-likeness (QED) is 0.838. The van der Waals surface area contributed by atoms with E-state index in [4.69, 9.17) is 0 Å². The van der Waals surface area contributed by atoms with Crippen LogP contribution in [0.4, 0.5) is 17.2 Å². The molecule has 0 radical (unpaired) electrons. The Morgan fingerprint density at radius 3 is 2.38 bits per heavy atom. The van der Waals surface area contributed by atoms with Gasteiger partial charge in [-0.1, -0.05) is 32.0 Å². The first kappa shape index (κ1) is 18.2. The van der Waals surface area contributed by atoms with Crippen LogP contribution >= 0.6 is 0 Å². The fourth-order valence-corrected chi connectivity index (χ4v) is 2.81. The Kier molecular flexibility index (Phi) is 5.46. The van der Waals surface area contributed by atoms with Crippen LogP contribution in [0.5, 0.6) is 0 Å². The molecule has 1 aromatic carbocycles. The van der Waals surface area contributed by atoms with Crippen molar-refractivity contribution in [1.29, 1.82) is 0 Å². The first-order valence-corrected chi connectivity index (χ1v) is 9.17. The van der Waals surface area contributed by atoms with Gasteiger partial charge in [0.05, 0.1) is 11.9 Å². The Labute approximate surface area is 144 Å². The summed E-state index contributed by atoms with van der Waals surface area (Å²) in [6, 6.07) is 9.65. The van der Waals surface area contributed by atoms with Crippen molar-refractivity contribution in [1.82, 2.24) is 9.29 Å². The largest absolute Gasteiger partial charge is 0.354 e. The summed E-state index contributed by atoms with van der Waals surface area (Å²) in [7, 11) is -0.623. The minimum absolute atomic E-state index is 0.281. The summed E-state index contributed by atoms with van der Waals surface area (Å²) in [5, 5.41) is 3.38. The molecule has 0 atom stereocenters. The van der Waals surface area contributed by atoms with E-state index in [0.29, 0.717) is 5.92 Å². The van der Waals surface area contributed by atoms with Crippen LogP contribution < -0.4 is 10.0 Å². The van der Waals surface area contributed by atoms with Gasteiger partial charge in [0.15, 0.2) is 0 Å². The van der Waals surface area contributed by atoms with Crippen LogP contribution in [0.2, 0.25) is 0 Å². The van der Waals surface area contributed by atoms with Crippen LogP contribution in [0.1, 0.15) is 30.9 Å². The van der Waals surface area contributed by atoms with Gasteiger partial charge in [0.1, 0.15) is 5.82 Å². The Balaban J connectivity index is 2.22. The molecule has 24 heavy (non-hydrogen) atoms. The second kappa shape index (κ2) is 7.19. The Bertz CT molecular complexity index is 800. The smallest absolute Gasteiger partial charge is 0.302 e. The minimum Gasteiger partial charge on any atom is -0.354 e. The Hall–Kier alpha value is -2.12. The molecule has 1 aromatic heterocycles. The fourth-order valence-electron chi connectivity index (χ4n) is 2.24. The van der Waals surface area contributed by atoms with Crippen LogP contribution in [0.15, 0.2) is 36.5 Å². The molecular formula is C17H24N4O2S. The topological polar surface area (TPSA) is 74.3 Å². The van der Waals surface area contributed by atoms with E-state index in [1.165, 1.54) is 19.7 Å². The lowest BCUT2D eigenvalue weighted by Crippen LogP contribution is -2.29. The summed E-state index contributed by atoms with van der Waals surface area (Å²) in [6.45, 7) is 6.36. The van der Waals surface area contributed by atoms with Gasteiger partial charge in [-0.25, -0.2) is 4.98 Å². The molecular weight excluding hydrogens is 324 g/mol. The third-order valence-electron chi connectivity index (χ3n) is 3.67. The second-order valence-corrected chi connectivity index (χ2v) is 8.02. The molecule has 2 rings (SSSR count). The van der Waals surface area contributed by atoms with Gasteiger partial charge in [0.25, 0.3) is 0 Å². The second-order valence-electron chi connectivity index (χ2n) is 6.14.